The van der Waals surface area contributed by atoms with Crippen LogP contribution >= 0.6 is 0 Å². The highest BCUT2D eigenvalue weighted by atomic mass is 15.3. The molecule has 88 valence electrons. The smallest absolute Gasteiger partial charge is 0.0525 e. The molecule has 0 amide bonds. The third kappa shape index (κ3) is 1.77. The molecule has 1 aromatic rings. The molecule has 2 aliphatic rings. The Kier molecular flexibility index (Phi) is 2.72. The average Bonchev–Trinajstić information content (AvgIpc) is 2.82. The first-order chi connectivity index (χ1) is 7.90. The highest BCUT2D eigenvalue weighted by Crippen LogP contribution is 2.44. The van der Waals surface area contributed by atoms with Crippen molar-refractivity contribution in [3.8, 4) is 0 Å². The summed E-state index contributed by atoms with van der Waals surface area (Å²) in [7, 11) is 0. The molecule has 0 atom stereocenters. The SMILES string of the molecule is NCCc1cnn(C2CCCC2)c1C1CC1. The van der Waals surface area contributed by atoms with Crippen LogP contribution in [0.15, 0.2) is 6.20 Å². The fraction of sp³-hybridized carbons (Fsp3) is 0.769. The number of hydrogen-bond donors (Lipinski definition) is 1. The van der Waals surface area contributed by atoms with Gasteiger partial charge < -0.3 is 5.73 Å². The zero-order valence-electron chi connectivity index (χ0n) is 9.86. The maximum Gasteiger partial charge on any atom is 0.0525 e. The van der Waals surface area contributed by atoms with Crippen LogP contribution in [0.4, 0.5) is 0 Å². The molecule has 2 N–H and O–H groups in total. The van der Waals surface area contributed by atoms with Gasteiger partial charge in [-0.05, 0) is 44.2 Å². The first-order valence-electron chi connectivity index (χ1n) is 6.66. The van der Waals surface area contributed by atoms with Gasteiger partial charge in [-0.15, -0.1) is 0 Å². The van der Waals surface area contributed by atoms with Gasteiger partial charge in [-0.2, -0.15) is 5.10 Å². The predicted octanol–water partition coefficient (Wildman–Crippen LogP) is 2.38. The van der Waals surface area contributed by atoms with Gasteiger partial charge in [0, 0.05) is 11.6 Å². The Balaban J connectivity index is 1.90. The number of hydrogen-bond acceptors (Lipinski definition) is 2. The minimum Gasteiger partial charge on any atom is -0.330 e. The summed E-state index contributed by atoms with van der Waals surface area (Å²) in [6.45, 7) is 0.746. The van der Waals surface area contributed by atoms with Gasteiger partial charge in [0.2, 0.25) is 0 Å². The highest BCUT2D eigenvalue weighted by Gasteiger charge is 2.32. The minimum atomic E-state index is 0.683. The summed E-state index contributed by atoms with van der Waals surface area (Å²) in [6, 6.07) is 0.683. The second kappa shape index (κ2) is 4.21. The monoisotopic (exact) mass is 219 g/mol. The molecule has 16 heavy (non-hydrogen) atoms. The Bertz CT molecular complexity index is 359. The van der Waals surface area contributed by atoms with Gasteiger partial charge in [-0.25, -0.2) is 0 Å². The van der Waals surface area contributed by atoms with Crippen LogP contribution < -0.4 is 5.73 Å². The summed E-state index contributed by atoms with van der Waals surface area (Å²) in [5.74, 6) is 0.796. The molecule has 0 aromatic carbocycles. The summed E-state index contributed by atoms with van der Waals surface area (Å²) in [4.78, 5) is 0. The molecule has 3 rings (SSSR count). The van der Waals surface area contributed by atoms with E-state index in [1.54, 1.807) is 0 Å². The Morgan fingerprint density at radius 1 is 1.25 bits per heavy atom. The standard InChI is InChI=1S/C13H21N3/c14-8-7-11-9-15-16(12-3-1-2-4-12)13(11)10-5-6-10/h9-10,12H,1-8,14H2. The third-order valence-corrected chi connectivity index (χ3v) is 3.96. The lowest BCUT2D eigenvalue weighted by Gasteiger charge is -2.15. The van der Waals surface area contributed by atoms with Crippen molar-refractivity contribution in [2.45, 2.75) is 56.9 Å². The van der Waals surface area contributed by atoms with Crippen molar-refractivity contribution in [3.63, 3.8) is 0 Å². The summed E-state index contributed by atoms with van der Waals surface area (Å²) >= 11 is 0. The molecule has 2 saturated carbocycles. The molecule has 2 aliphatic carbocycles. The molecule has 1 aromatic heterocycles. The third-order valence-electron chi connectivity index (χ3n) is 3.96. The van der Waals surface area contributed by atoms with Crippen molar-refractivity contribution in [1.29, 1.82) is 0 Å². The maximum absolute atomic E-state index is 5.68. The van der Waals surface area contributed by atoms with Crippen LogP contribution in [0.5, 0.6) is 0 Å². The molecule has 0 aliphatic heterocycles. The normalized spacial score (nSPS) is 21.8. The number of aromatic nitrogens is 2. The van der Waals surface area contributed by atoms with E-state index >= 15 is 0 Å². The second-order valence-corrected chi connectivity index (χ2v) is 5.25. The van der Waals surface area contributed by atoms with E-state index in [2.05, 4.69) is 16.0 Å². The summed E-state index contributed by atoms with van der Waals surface area (Å²) in [5.41, 5.74) is 8.61. The van der Waals surface area contributed by atoms with Gasteiger partial charge >= 0.3 is 0 Å². The largest absolute Gasteiger partial charge is 0.330 e. The molecule has 2 fully saturated rings. The van der Waals surface area contributed by atoms with E-state index in [4.69, 9.17) is 5.73 Å². The van der Waals surface area contributed by atoms with Crippen molar-refractivity contribution in [3.05, 3.63) is 17.5 Å². The molecular formula is C13H21N3. The van der Waals surface area contributed by atoms with Gasteiger partial charge in [0.1, 0.15) is 0 Å². The topological polar surface area (TPSA) is 43.8 Å². The van der Waals surface area contributed by atoms with E-state index in [1.165, 1.54) is 49.8 Å². The lowest BCUT2D eigenvalue weighted by atomic mass is 10.1. The lowest BCUT2D eigenvalue weighted by molar-refractivity contribution is 0.449. The Labute approximate surface area is 97.0 Å². The lowest BCUT2D eigenvalue weighted by Crippen LogP contribution is -2.11. The van der Waals surface area contributed by atoms with Crippen molar-refractivity contribution in [2.24, 2.45) is 5.73 Å². The van der Waals surface area contributed by atoms with Crippen LogP contribution in [0.25, 0.3) is 0 Å². The zero-order chi connectivity index (χ0) is 11.0. The molecule has 1 heterocycles. The molecular weight excluding hydrogens is 198 g/mol. The van der Waals surface area contributed by atoms with Crippen LogP contribution in [0, 0.1) is 0 Å². The van der Waals surface area contributed by atoms with Gasteiger partial charge in [0.25, 0.3) is 0 Å². The van der Waals surface area contributed by atoms with E-state index < -0.39 is 0 Å². The zero-order valence-corrected chi connectivity index (χ0v) is 9.86. The van der Waals surface area contributed by atoms with Crippen LogP contribution in [-0.2, 0) is 6.42 Å². The Hall–Kier alpha value is -0.830. The number of nitrogens with zero attached hydrogens (tertiary/aromatic N) is 2. The van der Waals surface area contributed by atoms with Crippen LogP contribution in [0.1, 0.15) is 61.7 Å². The quantitative estimate of drug-likeness (QED) is 0.845. The van der Waals surface area contributed by atoms with Gasteiger partial charge in [-0.3, -0.25) is 4.68 Å². The molecule has 3 heteroatoms. The Morgan fingerprint density at radius 2 is 2.00 bits per heavy atom. The van der Waals surface area contributed by atoms with E-state index in [-0.39, 0.29) is 0 Å². The number of nitrogens with two attached hydrogens (primary N) is 1. The fourth-order valence-corrected chi connectivity index (χ4v) is 3.00. The molecule has 0 unspecified atom stereocenters. The fourth-order valence-electron chi connectivity index (χ4n) is 3.00. The first kappa shape index (κ1) is 10.3. The van der Waals surface area contributed by atoms with Crippen LogP contribution in [0.2, 0.25) is 0 Å². The highest BCUT2D eigenvalue weighted by molar-refractivity contribution is 5.26. The van der Waals surface area contributed by atoms with Crippen molar-refractivity contribution < 1.29 is 0 Å². The van der Waals surface area contributed by atoms with Crippen molar-refractivity contribution >= 4 is 0 Å². The van der Waals surface area contributed by atoms with E-state index in [1.807, 2.05) is 0 Å². The maximum atomic E-state index is 5.68. The Morgan fingerprint density at radius 3 is 2.62 bits per heavy atom. The first-order valence-corrected chi connectivity index (χ1v) is 6.66. The van der Waals surface area contributed by atoms with Gasteiger partial charge in [0.15, 0.2) is 0 Å². The molecule has 0 spiro atoms. The average molecular weight is 219 g/mol. The van der Waals surface area contributed by atoms with Gasteiger partial charge in [-0.1, -0.05) is 12.8 Å². The van der Waals surface area contributed by atoms with Crippen LogP contribution in [-0.4, -0.2) is 16.3 Å². The van der Waals surface area contributed by atoms with Crippen LogP contribution in [0.3, 0.4) is 0 Å². The summed E-state index contributed by atoms with van der Waals surface area (Å²) in [5, 5.41) is 4.64. The van der Waals surface area contributed by atoms with E-state index in [0.29, 0.717) is 6.04 Å². The van der Waals surface area contributed by atoms with E-state index in [0.717, 1.165) is 18.9 Å². The van der Waals surface area contributed by atoms with Crippen molar-refractivity contribution in [2.75, 3.05) is 6.54 Å². The minimum absolute atomic E-state index is 0.683. The molecule has 3 nitrogen and oxygen atoms in total. The second-order valence-electron chi connectivity index (χ2n) is 5.25. The predicted molar refractivity (Wildman–Crippen MR) is 64.5 cm³/mol. The van der Waals surface area contributed by atoms with E-state index in [9.17, 15) is 0 Å². The van der Waals surface area contributed by atoms with Gasteiger partial charge in [0.05, 0.1) is 12.2 Å². The summed E-state index contributed by atoms with van der Waals surface area (Å²) in [6.07, 6.45) is 11.2. The molecule has 0 radical (unpaired) electrons. The number of rotatable bonds is 4. The van der Waals surface area contributed by atoms with Crippen molar-refractivity contribution in [1.82, 2.24) is 9.78 Å². The molecule has 0 saturated heterocycles. The summed E-state index contributed by atoms with van der Waals surface area (Å²) < 4.78 is 2.34. The molecule has 0 bridgehead atoms.